The van der Waals surface area contributed by atoms with Gasteiger partial charge in [0, 0.05) is 0 Å². The van der Waals surface area contributed by atoms with Gasteiger partial charge in [-0.25, -0.2) is 0 Å². The molecule has 0 heterocycles. The average molecular weight is 185 g/mol. The zero-order valence-corrected chi connectivity index (χ0v) is 7.14. The van der Waals surface area contributed by atoms with E-state index in [0.717, 1.165) is 0 Å². The molecule has 0 bridgehead atoms. The summed E-state index contributed by atoms with van der Waals surface area (Å²) in [5.74, 6) is -0.316. The Morgan fingerprint density at radius 3 is 2.75 bits per heavy atom. The number of hydrogen-bond acceptors (Lipinski definition) is 2. The highest BCUT2D eigenvalue weighted by Crippen LogP contribution is 2.16. The number of carbonyl (C=O) groups is 1. The SMILES string of the molecule is Nc1ccccc1NC(=O)CCl. The Labute approximate surface area is 75.5 Å². The van der Waals surface area contributed by atoms with Crippen molar-refractivity contribution >= 4 is 28.9 Å². The maximum absolute atomic E-state index is 10.8. The highest BCUT2D eigenvalue weighted by Gasteiger charge is 2.01. The molecule has 1 rings (SSSR count). The molecule has 1 aromatic carbocycles. The summed E-state index contributed by atoms with van der Waals surface area (Å²) in [7, 11) is 0. The Bertz CT molecular complexity index is 288. The first-order valence-corrected chi connectivity index (χ1v) is 3.98. The largest absolute Gasteiger partial charge is 0.397 e. The first-order valence-electron chi connectivity index (χ1n) is 3.44. The van der Waals surface area contributed by atoms with Gasteiger partial charge >= 0.3 is 0 Å². The molecule has 0 unspecified atom stereocenters. The topological polar surface area (TPSA) is 55.1 Å². The summed E-state index contributed by atoms with van der Waals surface area (Å²) in [5.41, 5.74) is 6.70. The second kappa shape index (κ2) is 3.97. The molecule has 0 aliphatic rings. The number of halogens is 1. The molecule has 12 heavy (non-hydrogen) atoms. The van der Waals surface area contributed by atoms with Crippen molar-refractivity contribution < 1.29 is 4.79 Å². The lowest BCUT2D eigenvalue weighted by molar-refractivity contribution is -0.113. The van der Waals surface area contributed by atoms with E-state index in [1.54, 1.807) is 24.3 Å². The number of rotatable bonds is 2. The second-order valence-corrected chi connectivity index (χ2v) is 2.54. The van der Waals surface area contributed by atoms with Crippen LogP contribution >= 0.6 is 11.6 Å². The number of para-hydroxylation sites is 2. The van der Waals surface area contributed by atoms with Crippen LogP contribution in [0.15, 0.2) is 24.3 Å². The number of nitrogens with one attached hydrogen (secondary N) is 1. The van der Waals surface area contributed by atoms with E-state index in [-0.39, 0.29) is 11.8 Å². The van der Waals surface area contributed by atoms with Crippen LogP contribution in [0.3, 0.4) is 0 Å². The number of nitrogens with two attached hydrogens (primary N) is 1. The molecule has 0 aliphatic heterocycles. The minimum atomic E-state index is -0.255. The van der Waals surface area contributed by atoms with Gasteiger partial charge in [-0.3, -0.25) is 4.79 Å². The van der Waals surface area contributed by atoms with Gasteiger partial charge in [0.15, 0.2) is 0 Å². The molecule has 0 aromatic heterocycles. The molecule has 0 atom stereocenters. The van der Waals surface area contributed by atoms with Gasteiger partial charge in [0.25, 0.3) is 0 Å². The van der Waals surface area contributed by atoms with Gasteiger partial charge < -0.3 is 11.1 Å². The Kier molecular flexibility index (Phi) is 2.94. The third kappa shape index (κ3) is 2.13. The van der Waals surface area contributed by atoms with Crippen LogP contribution in [0.25, 0.3) is 0 Å². The van der Waals surface area contributed by atoms with Gasteiger partial charge in [0.2, 0.25) is 5.91 Å². The molecule has 0 saturated heterocycles. The van der Waals surface area contributed by atoms with Crippen LogP contribution in [0.5, 0.6) is 0 Å². The molecular formula is C8H9ClN2O. The van der Waals surface area contributed by atoms with E-state index in [1.165, 1.54) is 0 Å². The first kappa shape index (κ1) is 8.87. The zero-order valence-electron chi connectivity index (χ0n) is 6.38. The van der Waals surface area contributed by atoms with Gasteiger partial charge in [-0.2, -0.15) is 0 Å². The summed E-state index contributed by atoms with van der Waals surface area (Å²) in [6.07, 6.45) is 0. The lowest BCUT2D eigenvalue weighted by atomic mass is 10.3. The van der Waals surface area contributed by atoms with Gasteiger partial charge in [0.05, 0.1) is 11.4 Å². The minimum absolute atomic E-state index is 0.0612. The fourth-order valence-electron chi connectivity index (χ4n) is 0.794. The number of amides is 1. The Hall–Kier alpha value is -1.22. The second-order valence-electron chi connectivity index (χ2n) is 2.27. The van der Waals surface area contributed by atoms with Gasteiger partial charge in [-0.05, 0) is 12.1 Å². The summed E-state index contributed by atoms with van der Waals surface area (Å²) < 4.78 is 0. The van der Waals surface area contributed by atoms with Crippen molar-refractivity contribution in [3.8, 4) is 0 Å². The Morgan fingerprint density at radius 1 is 1.50 bits per heavy atom. The third-order valence-electron chi connectivity index (χ3n) is 1.36. The highest BCUT2D eigenvalue weighted by atomic mass is 35.5. The summed E-state index contributed by atoms with van der Waals surface area (Å²) >= 11 is 5.30. The molecule has 4 heteroatoms. The number of hydrogen-bond donors (Lipinski definition) is 2. The molecule has 0 fully saturated rings. The standard InChI is InChI=1S/C8H9ClN2O/c9-5-8(12)11-7-4-2-1-3-6(7)10/h1-4H,5,10H2,(H,11,12). The summed E-state index contributed by atoms with van der Waals surface area (Å²) in [5, 5.41) is 2.56. The molecule has 0 saturated carbocycles. The van der Waals surface area contributed by atoms with Gasteiger partial charge in [-0.1, -0.05) is 12.1 Å². The van der Waals surface area contributed by atoms with E-state index in [1.807, 2.05) is 0 Å². The molecule has 3 N–H and O–H groups in total. The Balaban J connectivity index is 2.75. The maximum atomic E-state index is 10.8. The van der Waals surface area contributed by atoms with E-state index in [9.17, 15) is 4.79 Å². The van der Waals surface area contributed by atoms with Crippen LogP contribution in [-0.2, 0) is 4.79 Å². The fourth-order valence-corrected chi connectivity index (χ4v) is 0.861. The summed E-state index contributed by atoms with van der Waals surface area (Å²) in [4.78, 5) is 10.8. The van der Waals surface area contributed by atoms with Crippen LogP contribution in [0.1, 0.15) is 0 Å². The van der Waals surface area contributed by atoms with Crippen LogP contribution in [0.2, 0.25) is 0 Å². The number of alkyl halides is 1. The molecule has 1 amide bonds. The first-order chi connectivity index (χ1) is 5.74. The maximum Gasteiger partial charge on any atom is 0.239 e. The summed E-state index contributed by atoms with van der Waals surface area (Å²) in [6, 6.07) is 7.02. The van der Waals surface area contributed by atoms with Crippen molar-refractivity contribution in [2.45, 2.75) is 0 Å². The van der Waals surface area contributed by atoms with Crippen molar-refractivity contribution in [3.05, 3.63) is 24.3 Å². The smallest absolute Gasteiger partial charge is 0.239 e. The van der Waals surface area contributed by atoms with Crippen LogP contribution < -0.4 is 11.1 Å². The van der Waals surface area contributed by atoms with Gasteiger partial charge in [0.1, 0.15) is 5.88 Å². The van der Waals surface area contributed by atoms with Gasteiger partial charge in [-0.15, -0.1) is 11.6 Å². The van der Waals surface area contributed by atoms with Crippen molar-refractivity contribution in [2.24, 2.45) is 0 Å². The minimum Gasteiger partial charge on any atom is -0.397 e. The third-order valence-corrected chi connectivity index (χ3v) is 1.60. The molecular weight excluding hydrogens is 176 g/mol. The molecule has 0 spiro atoms. The lowest BCUT2D eigenvalue weighted by Crippen LogP contribution is -2.13. The van der Waals surface area contributed by atoms with E-state index in [2.05, 4.69) is 5.32 Å². The van der Waals surface area contributed by atoms with Crippen LogP contribution in [0, 0.1) is 0 Å². The van der Waals surface area contributed by atoms with E-state index >= 15 is 0 Å². The molecule has 0 radical (unpaired) electrons. The Morgan fingerprint density at radius 2 is 2.17 bits per heavy atom. The van der Waals surface area contributed by atoms with E-state index in [4.69, 9.17) is 17.3 Å². The average Bonchev–Trinajstić information content (AvgIpc) is 2.09. The zero-order chi connectivity index (χ0) is 8.97. The predicted molar refractivity (Wildman–Crippen MR) is 50.2 cm³/mol. The summed E-state index contributed by atoms with van der Waals surface area (Å²) in [6.45, 7) is 0. The normalized spacial score (nSPS) is 9.42. The monoisotopic (exact) mass is 184 g/mol. The number of benzene rings is 1. The van der Waals surface area contributed by atoms with Crippen LogP contribution in [0.4, 0.5) is 11.4 Å². The quantitative estimate of drug-likeness (QED) is 0.540. The molecule has 64 valence electrons. The van der Waals surface area contributed by atoms with E-state index in [0.29, 0.717) is 11.4 Å². The fraction of sp³-hybridized carbons (Fsp3) is 0.125. The number of carbonyl (C=O) groups excluding carboxylic acids is 1. The van der Waals surface area contributed by atoms with Crippen LogP contribution in [-0.4, -0.2) is 11.8 Å². The molecule has 0 aliphatic carbocycles. The molecule has 3 nitrogen and oxygen atoms in total. The van der Waals surface area contributed by atoms with Crippen molar-refractivity contribution in [2.75, 3.05) is 16.9 Å². The molecule has 1 aromatic rings. The number of anilines is 2. The van der Waals surface area contributed by atoms with Crippen molar-refractivity contribution in [1.82, 2.24) is 0 Å². The van der Waals surface area contributed by atoms with E-state index < -0.39 is 0 Å². The lowest BCUT2D eigenvalue weighted by Gasteiger charge is -2.04. The number of nitrogen functional groups attached to an aromatic ring is 1. The predicted octanol–water partition coefficient (Wildman–Crippen LogP) is 1.45. The van der Waals surface area contributed by atoms with Crippen molar-refractivity contribution in [3.63, 3.8) is 0 Å². The highest BCUT2D eigenvalue weighted by molar-refractivity contribution is 6.29. The van der Waals surface area contributed by atoms with Crippen molar-refractivity contribution in [1.29, 1.82) is 0 Å².